The van der Waals surface area contributed by atoms with E-state index in [-0.39, 0.29) is 17.8 Å². The van der Waals surface area contributed by atoms with E-state index in [9.17, 15) is 4.79 Å². The van der Waals surface area contributed by atoms with Crippen LogP contribution >= 0.6 is 0 Å². The Hall–Kier alpha value is -2.17. The number of esters is 1. The summed E-state index contributed by atoms with van der Waals surface area (Å²) in [6, 6.07) is 9.31. The molecule has 5 nitrogen and oxygen atoms in total. The van der Waals surface area contributed by atoms with Crippen molar-refractivity contribution >= 4 is 5.97 Å². The second-order valence-electron chi connectivity index (χ2n) is 4.74. The van der Waals surface area contributed by atoms with Crippen molar-refractivity contribution in [3.63, 3.8) is 0 Å². The molecule has 1 aromatic carbocycles. The summed E-state index contributed by atoms with van der Waals surface area (Å²) in [6.45, 7) is 6.02. The van der Waals surface area contributed by atoms with E-state index in [1.165, 1.54) is 0 Å². The Bertz CT molecular complexity index is 564. The number of benzene rings is 1. The number of rotatable bonds is 5. The first kappa shape index (κ1) is 14.2. The molecule has 1 heterocycles. The highest BCUT2D eigenvalue weighted by Gasteiger charge is 2.30. The highest BCUT2D eigenvalue weighted by atomic mass is 16.5. The molecule has 0 saturated carbocycles. The van der Waals surface area contributed by atoms with Crippen molar-refractivity contribution in [3.05, 3.63) is 47.6 Å². The van der Waals surface area contributed by atoms with Crippen molar-refractivity contribution < 1.29 is 14.1 Å². The molecule has 0 bridgehead atoms. The third-order valence-electron chi connectivity index (χ3n) is 2.88. The van der Waals surface area contributed by atoms with Gasteiger partial charge in [-0.05, 0) is 12.5 Å². The van der Waals surface area contributed by atoms with E-state index in [0.717, 1.165) is 5.56 Å². The summed E-state index contributed by atoms with van der Waals surface area (Å²) in [5.41, 5.74) is 0.782. The topological polar surface area (TPSA) is 65.2 Å². The number of aromatic nitrogens is 2. The lowest BCUT2D eigenvalue weighted by Gasteiger charge is -2.11. The van der Waals surface area contributed by atoms with Gasteiger partial charge < -0.3 is 9.26 Å². The van der Waals surface area contributed by atoms with Gasteiger partial charge in [0.25, 0.3) is 0 Å². The fourth-order valence-electron chi connectivity index (χ4n) is 1.85. The van der Waals surface area contributed by atoms with Gasteiger partial charge in [-0.15, -0.1) is 0 Å². The first-order chi connectivity index (χ1) is 9.63. The molecule has 0 amide bonds. The summed E-state index contributed by atoms with van der Waals surface area (Å²) in [7, 11) is 0. The molecule has 0 aliphatic heterocycles. The van der Waals surface area contributed by atoms with E-state index in [1.807, 2.05) is 44.2 Å². The summed E-state index contributed by atoms with van der Waals surface area (Å²) >= 11 is 0. The number of hydrogen-bond donors (Lipinski definition) is 0. The number of carbonyl (C=O) groups excluding carboxylic acids is 1. The molecule has 0 radical (unpaired) electrons. The fourth-order valence-corrected chi connectivity index (χ4v) is 1.85. The van der Waals surface area contributed by atoms with Crippen molar-refractivity contribution in [1.29, 1.82) is 0 Å². The van der Waals surface area contributed by atoms with Gasteiger partial charge in [0.15, 0.2) is 11.7 Å². The fraction of sp³-hybridized carbons (Fsp3) is 0.400. The van der Waals surface area contributed by atoms with Crippen LogP contribution in [0.25, 0.3) is 0 Å². The highest BCUT2D eigenvalue weighted by molar-refractivity contribution is 5.80. The first-order valence-corrected chi connectivity index (χ1v) is 6.68. The number of nitrogens with zero attached hydrogens (tertiary/aromatic N) is 2. The van der Waals surface area contributed by atoms with Gasteiger partial charge in [-0.2, -0.15) is 4.98 Å². The van der Waals surface area contributed by atoms with E-state index in [2.05, 4.69) is 10.1 Å². The molecule has 1 aromatic heterocycles. The van der Waals surface area contributed by atoms with E-state index in [4.69, 9.17) is 9.26 Å². The van der Waals surface area contributed by atoms with Crippen molar-refractivity contribution in [2.45, 2.75) is 32.6 Å². The maximum absolute atomic E-state index is 12.2. The molecule has 0 aliphatic rings. The summed E-state index contributed by atoms with van der Waals surface area (Å²) in [4.78, 5) is 16.5. The minimum Gasteiger partial charge on any atom is -0.465 e. The van der Waals surface area contributed by atoms with Crippen molar-refractivity contribution in [3.8, 4) is 0 Å². The second kappa shape index (κ2) is 6.32. The van der Waals surface area contributed by atoms with Gasteiger partial charge in [0.05, 0.1) is 6.61 Å². The summed E-state index contributed by atoms with van der Waals surface area (Å²) in [5, 5.41) is 3.91. The smallest absolute Gasteiger partial charge is 0.323 e. The molecule has 5 heteroatoms. The Morgan fingerprint density at radius 2 is 2.00 bits per heavy atom. The molecule has 0 aliphatic carbocycles. The molecule has 0 saturated heterocycles. The minimum absolute atomic E-state index is 0.145. The van der Waals surface area contributed by atoms with E-state index < -0.39 is 5.92 Å². The molecular formula is C15H18N2O3. The van der Waals surface area contributed by atoms with Gasteiger partial charge >= 0.3 is 5.97 Å². The maximum atomic E-state index is 12.2. The number of hydrogen-bond acceptors (Lipinski definition) is 5. The van der Waals surface area contributed by atoms with Crippen LogP contribution in [0.3, 0.4) is 0 Å². The second-order valence-corrected chi connectivity index (χ2v) is 4.74. The van der Waals surface area contributed by atoms with Gasteiger partial charge in [-0.3, -0.25) is 4.79 Å². The molecule has 0 spiro atoms. The van der Waals surface area contributed by atoms with Crippen LogP contribution in [0.15, 0.2) is 34.9 Å². The molecule has 20 heavy (non-hydrogen) atoms. The van der Waals surface area contributed by atoms with Crippen LogP contribution in [-0.2, 0) is 9.53 Å². The molecule has 2 aromatic rings. The third-order valence-corrected chi connectivity index (χ3v) is 2.88. The number of carbonyl (C=O) groups is 1. The van der Waals surface area contributed by atoms with Crippen LogP contribution in [0, 0.1) is 0 Å². The largest absolute Gasteiger partial charge is 0.465 e. The summed E-state index contributed by atoms with van der Waals surface area (Å²) in [5.74, 6) is -0.0384. The summed E-state index contributed by atoms with van der Waals surface area (Å²) in [6.07, 6.45) is 0. The van der Waals surface area contributed by atoms with E-state index in [0.29, 0.717) is 12.4 Å². The van der Waals surface area contributed by atoms with Crippen molar-refractivity contribution in [2.75, 3.05) is 6.61 Å². The van der Waals surface area contributed by atoms with Crippen molar-refractivity contribution in [2.24, 2.45) is 0 Å². The quantitative estimate of drug-likeness (QED) is 0.784. The molecule has 2 rings (SSSR count). The first-order valence-electron chi connectivity index (χ1n) is 6.68. The van der Waals surface area contributed by atoms with Crippen LogP contribution in [0.2, 0.25) is 0 Å². The predicted octanol–water partition coefficient (Wildman–Crippen LogP) is 2.89. The minimum atomic E-state index is -0.670. The molecule has 0 fully saturated rings. The highest BCUT2D eigenvalue weighted by Crippen LogP contribution is 2.25. The lowest BCUT2D eigenvalue weighted by Crippen LogP contribution is -2.17. The Balaban J connectivity index is 2.38. The van der Waals surface area contributed by atoms with Crippen LogP contribution < -0.4 is 0 Å². The Morgan fingerprint density at radius 1 is 1.30 bits per heavy atom. The molecule has 1 unspecified atom stereocenters. The van der Waals surface area contributed by atoms with Crippen LogP contribution in [0.1, 0.15) is 49.9 Å². The van der Waals surface area contributed by atoms with Crippen LogP contribution in [-0.4, -0.2) is 22.7 Å². The summed E-state index contributed by atoms with van der Waals surface area (Å²) < 4.78 is 10.4. The van der Waals surface area contributed by atoms with E-state index >= 15 is 0 Å². The zero-order valence-electron chi connectivity index (χ0n) is 11.9. The standard InChI is InChI=1S/C15H18N2O3/c1-4-19-15(18)12(11-8-6-5-7-9-11)14-16-13(10(2)3)17-20-14/h5-10,12H,4H2,1-3H3. The zero-order valence-corrected chi connectivity index (χ0v) is 11.9. The maximum Gasteiger partial charge on any atom is 0.323 e. The lowest BCUT2D eigenvalue weighted by atomic mass is 9.99. The average molecular weight is 274 g/mol. The Morgan fingerprint density at radius 3 is 2.55 bits per heavy atom. The van der Waals surface area contributed by atoms with Gasteiger partial charge in [0.2, 0.25) is 5.89 Å². The average Bonchev–Trinajstić information content (AvgIpc) is 2.90. The Kier molecular flexibility index (Phi) is 4.50. The van der Waals surface area contributed by atoms with Crippen LogP contribution in [0.5, 0.6) is 0 Å². The normalized spacial score (nSPS) is 12.4. The zero-order chi connectivity index (χ0) is 14.5. The SMILES string of the molecule is CCOC(=O)C(c1ccccc1)c1nc(C(C)C)no1. The molecule has 1 atom stereocenters. The van der Waals surface area contributed by atoms with E-state index in [1.54, 1.807) is 6.92 Å². The van der Waals surface area contributed by atoms with Gasteiger partial charge in [0.1, 0.15) is 0 Å². The molecule has 106 valence electrons. The third kappa shape index (κ3) is 3.04. The molecular weight excluding hydrogens is 256 g/mol. The monoisotopic (exact) mass is 274 g/mol. The van der Waals surface area contributed by atoms with Crippen molar-refractivity contribution in [1.82, 2.24) is 10.1 Å². The van der Waals surface area contributed by atoms with Gasteiger partial charge in [0, 0.05) is 5.92 Å². The molecule has 0 N–H and O–H groups in total. The number of ether oxygens (including phenoxy) is 1. The van der Waals surface area contributed by atoms with Gasteiger partial charge in [-0.1, -0.05) is 49.3 Å². The van der Waals surface area contributed by atoms with Crippen LogP contribution in [0.4, 0.5) is 0 Å². The van der Waals surface area contributed by atoms with Gasteiger partial charge in [-0.25, -0.2) is 0 Å². The Labute approximate surface area is 118 Å². The lowest BCUT2D eigenvalue weighted by molar-refractivity contribution is -0.144. The predicted molar refractivity (Wildman–Crippen MR) is 73.3 cm³/mol.